The number of benzene rings is 1. The zero-order valence-electron chi connectivity index (χ0n) is 10.8. The highest BCUT2D eigenvalue weighted by atomic mass is 33.1. The maximum absolute atomic E-state index is 4.64. The molecule has 3 nitrogen and oxygen atoms in total. The molecule has 0 atom stereocenters. The Morgan fingerprint density at radius 2 is 2.05 bits per heavy atom. The van der Waals surface area contributed by atoms with Crippen LogP contribution in [0.15, 0.2) is 66.3 Å². The molecule has 0 saturated carbocycles. The molecular formula is C15H14N3S2+. The molecule has 2 heterocycles. The van der Waals surface area contributed by atoms with Gasteiger partial charge in [0.1, 0.15) is 5.52 Å². The predicted octanol–water partition coefficient (Wildman–Crippen LogP) is 3.77. The molecule has 0 amide bonds. The van der Waals surface area contributed by atoms with Gasteiger partial charge in [0.05, 0.1) is 6.20 Å². The highest BCUT2D eigenvalue weighted by Gasteiger charge is 2.16. The van der Waals surface area contributed by atoms with E-state index in [2.05, 4.69) is 27.2 Å². The van der Waals surface area contributed by atoms with Crippen molar-refractivity contribution in [1.29, 1.82) is 0 Å². The molecule has 0 aliphatic carbocycles. The minimum Gasteiger partial charge on any atom is -0.238 e. The van der Waals surface area contributed by atoms with Crippen molar-refractivity contribution in [3.8, 4) is 5.95 Å². The first-order valence-corrected chi connectivity index (χ1v) is 8.56. The Labute approximate surface area is 125 Å². The van der Waals surface area contributed by atoms with Crippen molar-refractivity contribution in [2.24, 2.45) is 0 Å². The number of aromatic amines is 1. The molecule has 20 heavy (non-hydrogen) atoms. The summed E-state index contributed by atoms with van der Waals surface area (Å²) in [6.07, 6.45) is 3.93. The van der Waals surface area contributed by atoms with Gasteiger partial charge in [0, 0.05) is 5.75 Å². The number of H-pyrrole nitrogens is 1. The zero-order chi connectivity index (χ0) is 13.8. The minimum absolute atomic E-state index is 0.841. The fourth-order valence-corrected chi connectivity index (χ4v) is 3.78. The molecular weight excluding hydrogens is 286 g/mol. The van der Waals surface area contributed by atoms with E-state index in [0.717, 1.165) is 27.8 Å². The second-order valence-electron chi connectivity index (χ2n) is 4.14. The zero-order valence-corrected chi connectivity index (χ0v) is 12.5. The number of nitrogens with one attached hydrogen (secondary N) is 1. The van der Waals surface area contributed by atoms with Crippen molar-refractivity contribution in [1.82, 2.24) is 9.97 Å². The Bertz CT molecular complexity index is 704. The summed E-state index contributed by atoms with van der Waals surface area (Å²) in [6.45, 7) is 3.74. The summed E-state index contributed by atoms with van der Waals surface area (Å²) in [5.74, 6) is 1.76. The molecule has 3 rings (SSSR count). The van der Waals surface area contributed by atoms with Crippen LogP contribution in [0.4, 0.5) is 0 Å². The normalized spacial score (nSPS) is 10.8. The molecule has 0 bridgehead atoms. The quantitative estimate of drug-likeness (QED) is 0.337. The predicted molar refractivity (Wildman–Crippen MR) is 86.1 cm³/mol. The van der Waals surface area contributed by atoms with Gasteiger partial charge in [-0.3, -0.25) is 0 Å². The van der Waals surface area contributed by atoms with Crippen LogP contribution in [0.1, 0.15) is 0 Å². The average Bonchev–Trinajstić information content (AvgIpc) is 2.92. The van der Waals surface area contributed by atoms with Crippen molar-refractivity contribution in [3.63, 3.8) is 0 Å². The number of para-hydroxylation sites is 2. The number of hydrogen-bond acceptors (Lipinski definition) is 3. The summed E-state index contributed by atoms with van der Waals surface area (Å²) < 4.78 is 2.07. The lowest BCUT2D eigenvalue weighted by Crippen LogP contribution is -2.33. The standard InChI is InChI=1S/C15H14N3S2/c1-2-11-19-20-14-9-5-6-10-18(14)15-16-12-7-3-4-8-13(12)17-15/h2-10H,1,11H2,(H,16,17)/q+1. The number of aromatic nitrogens is 3. The van der Waals surface area contributed by atoms with Crippen LogP contribution in [0.25, 0.3) is 17.0 Å². The number of imidazole rings is 1. The van der Waals surface area contributed by atoms with Gasteiger partial charge in [-0.1, -0.05) is 40.1 Å². The molecule has 100 valence electrons. The van der Waals surface area contributed by atoms with Gasteiger partial charge in [0.15, 0.2) is 10.5 Å². The second kappa shape index (κ2) is 6.15. The minimum atomic E-state index is 0.841. The fraction of sp³-hybridized carbons (Fsp3) is 0.0667. The van der Waals surface area contributed by atoms with Crippen molar-refractivity contribution in [2.75, 3.05) is 5.75 Å². The van der Waals surface area contributed by atoms with E-state index in [1.807, 2.05) is 48.7 Å². The Morgan fingerprint density at radius 1 is 1.20 bits per heavy atom. The maximum atomic E-state index is 4.64. The largest absolute Gasteiger partial charge is 0.402 e. The number of fused-ring (bicyclic) bond motifs is 1. The van der Waals surface area contributed by atoms with Crippen molar-refractivity contribution in [2.45, 2.75) is 5.03 Å². The summed E-state index contributed by atoms with van der Waals surface area (Å²) >= 11 is 0. The van der Waals surface area contributed by atoms with Crippen LogP contribution >= 0.6 is 21.6 Å². The van der Waals surface area contributed by atoms with Gasteiger partial charge in [-0.25, -0.2) is 4.98 Å². The van der Waals surface area contributed by atoms with Crippen molar-refractivity contribution < 1.29 is 4.57 Å². The topological polar surface area (TPSA) is 32.6 Å². The highest BCUT2D eigenvalue weighted by molar-refractivity contribution is 8.76. The van der Waals surface area contributed by atoms with E-state index < -0.39 is 0 Å². The summed E-state index contributed by atoms with van der Waals surface area (Å²) in [6, 6.07) is 14.2. The van der Waals surface area contributed by atoms with Crippen LogP contribution in [0.3, 0.4) is 0 Å². The van der Waals surface area contributed by atoms with Crippen LogP contribution in [0.2, 0.25) is 0 Å². The van der Waals surface area contributed by atoms with Crippen LogP contribution in [-0.4, -0.2) is 15.7 Å². The van der Waals surface area contributed by atoms with Crippen LogP contribution in [-0.2, 0) is 0 Å². The second-order valence-corrected chi connectivity index (χ2v) is 6.50. The van der Waals surface area contributed by atoms with E-state index in [-0.39, 0.29) is 0 Å². The van der Waals surface area contributed by atoms with Gasteiger partial charge in [0.25, 0.3) is 0 Å². The van der Waals surface area contributed by atoms with Crippen LogP contribution in [0, 0.1) is 0 Å². The van der Waals surface area contributed by atoms with Gasteiger partial charge in [-0.15, -0.1) is 6.58 Å². The molecule has 1 N–H and O–H groups in total. The number of rotatable bonds is 5. The third-order valence-electron chi connectivity index (χ3n) is 2.76. The van der Waals surface area contributed by atoms with E-state index in [4.69, 9.17) is 0 Å². The first-order valence-electron chi connectivity index (χ1n) is 6.24. The summed E-state index contributed by atoms with van der Waals surface area (Å²) in [5, 5.41) is 1.14. The number of hydrogen-bond donors (Lipinski definition) is 1. The summed E-state index contributed by atoms with van der Waals surface area (Å²) in [7, 11) is 3.48. The molecule has 0 saturated heterocycles. The molecule has 3 aromatic rings. The lowest BCUT2D eigenvalue weighted by Gasteiger charge is -2.02. The Morgan fingerprint density at radius 3 is 2.90 bits per heavy atom. The van der Waals surface area contributed by atoms with Crippen molar-refractivity contribution >= 4 is 32.6 Å². The Balaban J connectivity index is 1.98. The molecule has 5 heteroatoms. The van der Waals surface area contributed by atoms with Crippen molar-refractivity contribution in [3.05, 3.63) is 61.3 Å². The smallest absolute Gasteiger partial charge is 0.238 e. The molecule has 0 unspecified atom stereocenters. The van der Waals surface area contributed by atoms with Crippen LogP contribution in [0.5, 0.6) is 0 Å². The molecule has 0 radical (unpaired) electrons. The molecule has 0 fully saturated rings. The maximum Gasteiger partial charge on any atom is 0.402 e. The number of pyridine rings is 1. The van der Waals surface area contributed by atoms with E-state index in [0.29, 0.717) is 0 Å². The Hall–Kier alpha value is -1.72. The first-order chi connectivity index (χ1) is 9.88. The molecule has 0 aliphatic rings. The number of nitrogens with zero attached hydrogens (tertiary/aromatic N) is 2. The summed E-state index contributed by atoms with van der Waals surface area (Å²) in [5.41, 5.74) is 2.03. The lowest BCUT2D eigenvalue weighted by atomic mass is 10.3. The lowest BCUT2D eigenvalue weighted by molar-refractivity contribution is -0.642. The molecule has 1 aromatic carbocycles. The van der Waals surface area contributed by atoms with E-state index in [9.17, 15) is 0 Å². The molecule has 2 aromatic heterocycles. The van der Waals surface area contributed by atoms with Gasteiger partial charge < -0.3 is 0 Å². The van der Waals surface area contributed by atoms with Gasteiger partial charge in [-0.2, -0.15) is 4.57 Å². The first kappa shape index (κ1) is 13.3. The third-order valence-corrected chi connectivity index (χ3v) is 5.03. The monoisotopic (exact) mass is 300 g/mol. The SMILES string of the molecule is C=CCSSc1cccc[n+]1-c1nc2ccccc2[nH]1. The van der Waals surface area contributed by atoms with E-state index in [1.165, 1.54) is 0 Å². The average molecular weight is 300 g/mol. The highest BCUT2D eigenvalue weighted by Crippen LogP contribution is 2.28. The van der Waals surface area contributed by atoms with Gasteiger partial charge in [-0.05, 0) is 35.1 Å². The fourth-order valence-electron chi connectivity index (χ4n) is 1.87. The third kappa shape index (κ3) is 2.73. The van der Waals surface area contributed by atoms with E-state index in [1.54, 1.807) is 21.6 Å². The van der Waals surface area contributed by atoms with Crippen LogP contribution < -0.4 is 4.57 Å². The molecule has 0 aliphatic heterocycles. The molecule has 0 spiro atoms. The van der Waals surface area contributed by atoms with Gasteiger partial charge >= 0.3 is 5.95 Å². The summed E-state index contributed by atoms with van der Waals surface area (Å²) in [4.78, 5) is 7.99. The van der Waals surface area contributed by atoms with E-state index >= 15 is 0 Å². The Kier molecular flexibility index (Phi) is 4.08. The van der Waals surface area contributed by atoms with Gasteiger partial charge in [0.2, 0.25) is 0 Å².